The topological polar surface area (TPSA) is 67.9 Å². The molecule has 0 aromatic heterocycles. The van der Waals surface area contributed by atoms with Gasteiger partial charge in [0, 0.05) is 26.1 Å². The normalized spacial score (nSPS) is 23.2. The molecule has 19 heavy (non-hydrogen) atoms. The molecule has 2 rings (SSSR count). The van der Waals surface area contributed by atoms with Gasteiger partial charge >= 0.3 is 6.16 Å². The quantitative estimate of drug-likeness (QED) is 0.730. The summed E-state index contributed by atoms with van der Waals surface area (Å²) in [4.78, 5) is 28.0. The van der Waals surface area contributed by atoms with Gasteiger partial charge in [0.15, 0.2) is 0 Å². The molecule has 2 fully saturated rings. The maximum atomic E-state index is 11.5. The third-order valence-corrected chi connectivity index (χ3v) is 3.57. The zero-order chi connectivity index (χ0) is 14.1. The molecule has 2 saturated heterocycles. The zero-order valence-corrected chi connectivity index (χ0v) is 11.8. The van der Waals surface area contributed by atoms with Gasteiger partial charge in [-0.1, -0.05) is 0 Å². The van der Waals surface area contributed by atoms with Gasteiger partial charge in [-0.3, -0.25) is 4.79 Å². The molecular weight excluding hydrogens is 248 g/mol. The van der Waals surface area contributed by atoms with Gasteiger partial charge in [-0.2, -0.15) is 0 Å². The molecule has 1 amide bonds. The number of carbonyl (C=O) groups excluding carboxylic acids is 2. The van der Waals surface area contributed by atoms with Crippen LogP contribution in [0.1, 0.15) is 40.0 Å². The SMILES string of the molecule is CC(C)(C)OC(=O)ON1CCC2(CC1)CNC(=O)C2. The molecule has 2 aliphatic rings. The van der Waals surface area contributed by atoms with Crippen molar-refractivity contribution in [3.8, 4) is 0 Å². The van der Waals surface area contributed by atoms with Crippen LogP contribution in [-0.4, -0.2) is 42.4 Å². The van der Waals surface area contributed by atoms with Crippen molar-refractivity contribution in [2.45, 2.75) is 45.6 Å². The summed E-state index contributed by atoms with van der Waals surface area (Å²) in [5.74, 6) is 0.126. The van der Waals surface area contributed by atoms with E-state index >= 15 is 0 Å². The predicted molar refractivity (Wildman–Crippen MR) is 68.2 cm³/mol. The maximum absolute atomic E-state index is 11.5. The number of ether oxygens (including phenoxy) is 1. The van der Waals surface area contributed by atoms with Gasteiger partial charge in [-0.15, -0.1) is 5.06 Å². The minimum Gasteiger partial charge on any atom is -0.427 e. The van der Waals surface area contributed by atoms with E-state index in [-0.39, 0.29) is 11.3 Å². The molecule has 6 nitrogen and oxygen atoms in total. The molecule has 1 spiro atoms. The maximum Gasteiger partial charge on any atom is 0.528 e. The molecule has 2 aliphatic heterocycles. The minimum atomic E-state index is -0.663. The first-order valence-electron chi connectivity index (χ1n) is 6.71. The highest BCUT2D eigenvalue weighted by atomic mass is 16.8. The van der Waals surface area contributed by atoms with Gasteiger partial charge in [-0.25, -0.2) is 4.79 Å². The first-order chi connectivity index (χ1) is 8.78. The number of nitrogens with zero attached hydrogens (tertiary/aromatic N) is 1. The molecule has 108 valence electrons. The van der Waals surface area contributed by atoms with Crippen molar-refractivity contribution >= 4 is 12.1 Å². The van der Waals surface area contributed by atoms with Gasteiger partial charge in [0.1, 0.15) is 5.60 Å². The first kappa shape index (κ1) is 14.1. The van der Waals surface area contributed by atoms with Gasteiger partial charge in [0.25, 0.3) is 0 Å². The summed E-state index contributed by atoms with van der Waals surface area (Å²) in [5.41, 5.74) is -0.485. The molecule has 0 unspecified atom stereocenters. The molecule has 0 aliphatic carbocycles. The molecule has 0 aromatic rings. The van der Waals surface area contributed by atoms with E-state index < -0.39 is 11.8 Å². The highest BCUT2D eigenvalue weighted by molar-refractivity contribution is 5.79. The second-order valence-corrected chi connectivity index (χ2v) is 6.44. The van der Waals surface area contributed by atoms with E-state index in [0.717, 1.165) is 19.4 Å². The van der Waals surface area contributed by atoms with Crippen LogP contribution in [0, 0.1) is 5.41 Å². The van der Waals surface area contributed by atoms with Crippen LogP contribution in [-0.2, 0) is 14.4 Å². The standard InChI is InChI=1S/C13H22N2O4/c1-12(2,3)18-11(17)19-15-6-4-13(5-7-15)8-10(16)14-9-13/h4-9H2,1-3H3,(H,14,16). The van der Waals surface area contributed by atoms with Crippen LogP contribution in [0.3, 0.4) is 0 Å². The van der Waals surface area contributed by atoms with Crippen molar-refractivity contribution in [1.82, 2.24) is 10.4 Å². The van der Waals surface area contributed by atoms with Gasteiger partial charge in [0.05, 0.1) is 0 Å². The van der Waals surface area contributed by atoms with Crippen LogP contribution in [0.15, 0.2) is 0 Å². The van der Waals surface area contributed by atoms with E-state index in [2.05, 4.69) is 5.32 Å². The number of rotatable bonds is 1. The fourth-order valence-electron chi connectivity index (χ4n) is 2.53. The summed E-state index contributed by atoms with van der Waals surface area (Å²) in [6.07, 6.45) is 1.64. The van der Waals surface area contributed by atoms with E-state index in [9.17, 15) is 9.59 Å². The van der Waals surface area contributed by atoms with Crippen molar-refractivity contribution in [3.05, 3.63) is 0 Å². The fraction of sp³-hybridized carbons (Fsp3) is 0.846. The Morgan fingerprint density at radius 3 is 2.42 bits per heavy atom. The Labute approximate surface area is 113 Å². The Hall–Kier alpha value is -1.30. The lowest BCUT2D eigenvalue weighted by Crippen LogP contribution is -2.42. The molecule has 1 N–H and O–H groups in total. The van der Waals surface area contributed by atoms with Gasteiger partial charge < -0.3 is 14.9 Å². The molecule has 0 saturated carbocycles. The van der Waals surface area contributed by atoms with E-state index in [1.54, 1.807) is 25.8 Å². The molecule has 2 heterocycles. The Balaban J connectivity index is 1.78. The summed E-state index contributed by atoms with van der Waals surface area (Å²) in [6, 6.07) is 0. The van der Waals surface area contributed by atoms with Crippen LogP contribution in [0.4, 0.5) is 4.79 Å². The van der Waals surface area contributed by atoms with E-state index in [0.29, 0.717) is 19.5 Å². The Morgan fingerprint density at radius 1 is 1.32 bits per heavy atom. The van der Waals surface area contributed by atoms with E-state index in [4.69, 9.17) is 9.57 Å². The second kappa shape index (κ2) is 5.00. The number of piperidine rings is 1. The number of amides is 1. The van der Waals surface area contributed by atoms with Crippen molar-refractivity contribution in [3.63, 3.8) is 0 Å². The summed E-state index contributed by atoms with van der Waals surface area (Å²) < 4.78 is 5.11. The van der Waals surface area contributed by atoms with E-state index in [1.165, 1.54) is 0 Å². The van der Waals surface area contributed by atoms with Crippen molar-refractivity contribution < 1.29 is 19.2 Å². The molecule has 0 radical (unpaired) electrons. The van der Waals surface area contributed by atoms with Gasteiger partial charge in [-0.05, 0) is 39.0 Å². The van der Waals surface area contributed by atoms with Crippen LogP contribution < -0.4 is 5.32 Å². The van der Waals surface area contributed by atoms with Crippen LogP contribution >= 0.6 is 0 Å². The fourth-order valence-corrected chi connectivity index (χ4v) is 2.53. The number of hydrogen-bond acceptors (Lipinski definition) is 5. The van der Waals surface area contributed by atoms with E-state index in [1.807, 2.05) is 0 Å². The minimum absolute atomic E-state index is 0.0604. The molecule has 0 atom stereocenters. The lowest BCUT2D eigenvalue weighted by molar-refractivity contribution is -0.162. The first-order valence-corrected chi connectivity index (χ1v) is 6.71. The third-order valence-electron chi connectivity index (χ3n) is 3.57. The van der Waals surface area contributed by atoms with Crippen molar-refractivity contribution in [2.24, 2.45) is 5.41 Å². The number of nitrogens with one attached hydrogen (secondary N) is 1. The van der Waals surface area contributed by atoms with Crippen molar-refractivity contribution in [2.75, 3.05) is 19.6 Å². The van der Waals surface area contributed by atoms with Crippen molar-refractivity contribution in [1.29, 1.82) is 0 Å². The highest BCUT2D eigenvalue weighted by Crippen LogP contribution is 2.37. The molecular formula is C13H22N2O4. The Morgan fingerprint density at radius 2 is 1.95 bits per heavy atom. The average molecular weight is 270 g/mol. The predicted octanol–water partition coefficient (Wildman–Crippen LogP) is 1.46. The monoisotopic (exact) mass is 270 g/mol. The highest BCUT2D eigenvalue weighted by Gasteiger charge is 2.41. The van der Waals surface area contributed by atoms with Crippen LogP contribution in [0.25, 0.3) is 0 Å². The summed E-state index contributed by atoms with van der Waals surface area (Å²) in [5, 5.41) is 4.50. The number of carbonyl (C=O) groups is 2. The molecule has 0 aromatic carbocycles. The third kappa shape index (κ3) is 3.83. The average Bonchev–Trinajstić information content (AvgIpc) is 2.61. The lowest BCUT2D eigenvalue weighted by Gasteiger charge is -2.36. The second-order valence-electron chi connectivity index (χ2n) is 6.44. The lowest BCUT2D eigenvalue weighted by atomic mass is 9.78. The summed E-state index contributed by atoms with van der Waals surface area (Å²) in [6.45, 7) is 7.44. The van der Waals surface area contributed by atoms with Gasteiger partial charge in [0.2, 0.25) is 5.91 Å². The zero-order valence-electron chi connectivity index (χ0n) is 11.8. The largest absolute Gasteiger partial charge is 0.528 e. The smallest absolute Gasteiger partial charge is 0.427 e. The Kier molecular flexibility index (Phi) is 3.71. The van der Waals surface area contributed by atoms with Crippen LogP contribution in [0.5, 0.6) is 0 Å². The van der Waals surface area contributed by atoms with Crippen LogP contribution in [0.2, 0.25) is 0 Å². The number of hydroxylamine groups is 2. The Bertz CT molecular complexity index is 367. The molecule has 6 heteroatoms. The molecule has 0 bridgehead atoms. The summed E-state index contributed by atoms with van der Waals surface area (Å²) in [7, 11) is 0. The number of hydrogen-bond donors (Lipinski definition) is 1. The summed E-state index contributed by atoms with van der Waals surface area (Å²) >= 11 is 0.